The molecule has 1 saturated carbocycles. The number of aryl methyl sites for hydroxylation is 2. The summed E-state index contributed by atoms with van der Waals surface area (Å²) in [6, 6.07) is 17.4. The summed E-state index contributed by atoms with van der Waals surface area (Å²) in [4.78, 5) is 58.4. The Morgan fingerprint density at radius 1 is 0.953 bits per heavy atom. The molecule has 43 heavy (non-hydrogen) atoms. The van der Waals surface area contributed by atoms with Crippen molar-refractivity contribution in [2.45, 2.75) is 39.5 Å². The minimum atomic E-state index is -0.671. The Balaban J connectivity index is 1.33. The Kier molecular flexibility index (Phi) is 7.92. The number of carbonyl (C=O) groups is 4. The SMILES string of the molecule is Cc1ccc(C(=O)COC(=O)c2cc(-c3ccc(N4C(=O)C5CCCCC5C4=O)cc3)nc3c(C)c(Cl)c(Br)cc23)cc1. The summed E-state index contributed by atoms with van der Waals surface area (Å²) in [7, 11) is 0. The number of ketones is 1. The minimum absolute atomic E-state index is 0.132. The highest BCUT2D eigenvalue weighted by atomic mass is 79.9. The second-order valence-corrected chi connectivity index (χ2v) is 12.4. The van der Waals surface area contributed by atoms with E-state index in [1.165, 1.54) is 4.90 Å². The van der Waals surface area contributed by atoms with Crippen molar-refractivity contribution in [2.75, 3.05) is 11.5 Å². The van der Waals surface area contributed by atoms with Crippen molar-refractivity contribution >= 4 is 67.7 Å². The molecule has 0 N–H and O–H groups in total. The smallest absolute Gasteiger partial charge is 0.339 e. The zero-order valence-corrected chi connectivity index (χ0v) is 26.0. The van der Waals surface area contributed by atoms with Crippen LogP contribution in [-0.2, 0) is 14.3 Å². The van der Waals surface area contributed by atoms with Gasteiger partial charge in [0.2, 0.25) is 11.8 Å². The topological polar surface area (TPSA) is 93.6 Å². The highest BCUT2D eigenvalue weighted by molar-refractivity contribution is 9.10. The van der Waals surface area contributed by atoms with Crippen molar-refractivity contribution in [1.82, 2.24) is 4.98 Å². The van der Waals surface area contributed by atoms with Crippen molar-refractivity contribution in [3.8, 4) is 11.3 Å². The maximum atomic E-state index is 13.4. The number of anilines is 1. The Morgan fingerprint density at radius 2 is 1.58 bits per heavy atom. The molecule has 2 amide bonds. The normalized spacial score (nSPS) is 18.2. The second-order valence-electron chi connectivity index (χ2n) is 11.2. The predicted octanol–water partition coefficient (Wildman–Crippen LogP) is 7.65. The Hall–Kier alpha value is -3.88. The Bertz CT molecular complexity index is 1780. The zero-order valence-electron chi connectivity index (χ0n) is 23.7. The molecule has 2 heterocycles. The van der Waals surface area contributed by atoms with Gasteiger partial charge in [-0.15, -0.1) is 0 Å². The van der Waals surface area contributed by atoms with Crippen LogP contribution in [0.5, 0.6) is 0 Å². The number of ether oxygens (including phenoxy) is 1. The van der Waals surface area contributed by atoms with E-state index in [-0.39, 0.29) is 35.0 Å². The van der Waals surface area contributed by atoms with Crippen LogP contribution in [0.15, 0.2) is 65.1 Å². The lowest BCUT2D eigenvalue weighted by molar-refractivity contribution is -0.122. The first kappa shape index (κ1) is 29.2. The van der Waals surface area contributed by atoms with Gasteiger partial charge in [-0.2, -0.15) is 0 Å². The molecule has 0 radical (unpaired) electrons. The van der Waals surface area contributed by atoms with Crippen LogP contribution in [0, 0.1) is 25.7 Å². The first-order chi connectivity index (χ1) is 20.6. The van der Waals surface area contributed by atoms with Gasteiger partial charge in [-0.25, -0.2) is 9.78 Å². The number of aromatic nitrogens is 1. The molecule has 1 aliphatic carbocycles. The van der Waals surface area contributed by atoms with Crippen LogP contribution in [-0.4, -0.2) is 35.2 Å². The van der Waals surface area contributed by atoms with E-state index in [1.807, 2.05) is 26.0 Å². The van der Waals surface area contributed by atoms with E-state index >= 15 is 0 Å². The Morgan fingerprint density at radius 3 is 2.21 bits per heavy atom. The van der Waals surface area contributed by atoms with Crippen molar-refractivity contribution in [3.63, 3.8) is 0 Å². The lowest BCUT2D eigenvalue weighted by Gasteiger charge is -2.19. The maximum absolute atomic E-state index is 13.4. The van der Waals surface area contributed by atoms with Gasteiger partial charge < -0.3 is 4.74 Å². The molecule has 3 aromatic carbocycles. The number of halogens is 2. The standard InChI is InChI=1S/C34H28BrClN2O5/c1-18-7-9-21(10-8-18)29(39)17-43-34(42)26-16-28(37-31-19(2)30(36)27(35)15-25(26)31)20-11-13-22(14-12-20)38-32(40)23-5-3-4-6-24(23)33(38)41/h7-16,23-24H,3-6,17H2,1-2H3. The minimum Gasteiger partial charge on any atom is -0.454 e. The second kappa shape index (κ2) is 11.7. The van der Waals surface area contributed by atoms with Crippen LogP contribution >= 0.6 is 27.5 Å². The van der Waals surface area contributed by atoms with E-state index in [0.717, 1.165) is 31.2 Å². The fourth-order valence-electron chi connectivity index (χ4n) is 6.01. The quantitative estimate of drug-likeness (QED) is 0.120. The van der Waals surface area contributed by atoms with E-state index in [1.54, 1.807) is 48.5 Å². The number of Topliss-reactive ketones (excluding diaryl/α,β-unsaturated/α-hetero) is 1. The summed E-state index contributed by atoms with van der Waals surface area (Å²) < 4.78 is 6.09. The van der Waals surface area contributed by atoms with Crippen LogP contribution in [0.4, 0.5) is 5.69 Å². The molecule has 1 aliphatic heterocycles. The summed E-state index contributed by atoms with van der Waals surface area (Å²) in [5.41, 5.74) is 4.56. The monoisotopic (exact) mass is 658 g/mol. The number of carbonyl (C=O) groups excluding carboxylic acids is 4. The molecule has 2 atom stereocenters. The number of nitrogens with zero attached hydrogens (tertiary/aromatic N) is 2. The molecular weight excluding hydrogens is 632 g/mol. The van der Waals surface area contributed by atoms with E-state index in [9.17, 15) is 19.2 Å². The van der Waals surface area contributed by atoms with Crippen molar-refractivity contribution in [2.24, 2.45) is 11.8 Å². The van der Waals surface area contributed by atoms with Gasteiger partial charge in [-0.1, -0.05) is 66.4 Å². The third-order valence-corrected chi connectivity index (χ3v) is 9.75. The fourth-order valence-corrected chi connectivity index (χ4v) is 6.68. The highest BCUT2D eigenvalue weighted by Crippen LogP contribution is 2.41. The van der Waals surface area contributed by atoms with E-state index in [4.69, 9.17) is 21.3 Å². The number of hydrogen-bond acceptors (Lipinski definition) is 6. The average molecular weight is 660 g/mol. The van der Waals surface area contributed by atoms with Gasteiger partial charge in [0.25, 0.3) is 0 Å². The first-order valence-corrected chi connectivity index (χ1v) is 15.4. The van der Waals surface area contributed by atoms with Gasteiger partial charge in [0.05, 0.1) is 39.3 Å². The molecule has 2 fully saturated rings. The molecule has 218 valence electrons. The molecule has 1 saturated heterocycles. The molecule has 6 rings (SSSR count). The number of fused-ring (bicyclic) bond motifs is 2. The number of benzene rings is 3. The number of imide groups is 1. The highest BCUT2D eigenvalue weighted by Gasteiger charge is 2.48. The zero-order chi connectivity index (χ0) is 30.4. The molecule has 2 aliphatic rings. The lowest BCUT2D eigenvalue weighted by Crippen LogP contribution is -2.30. The third kappa shape index (κ3) is 5.38. The van der Waals surface area contributed by atoms with Gasteiger partial charge in [-0.05, 0) is 72.4 Å². The summed E-state index contributed by atoms with van der Waals surface area (Å²) in [5.74, 6) is -1.72. The molecule has 9 heteroatoms. The summed E-state index contributed by atoms with van der Waals surface area (Å²) >= 11 is 9.98. The molecule has 0 bridgehead atoms. The van der Waals surface area contributed by atoms with Crippen molar-refractivity contribution < 1.29 is 23.9 Å². The fraction of sp³-hybridized carbons (Fsp3) is 0.265. The van der Waals surface area contributed by atoms with Crippen LogP contribution in [0.25, 0.3) is 22.2 Å². The van der Waals surface area contributed by atoms with E-state index in [2.05, 4.69) is 15.9 Å². The van der Waals surface area contributed by atoms with Gasteiger partial charge in [0.1, 0.15) is 0 Å². The molecule has 7 nitrogen and oxygen atoms in total. The summed E-state index contributed by atoms with van der Waals surface area (Å²) in [6.07, 6.45) is 3.42. The van der Waals surface area contributed by atoms with Crippen LogP contribution in [0.3, 0.4) is 0 Å². The molecular formula is C34H28BrClN2O5. The number of esters is 1. The van der Waals surface area contributed by atoms with Crippen LogP contribution in [0.2, 0.25) is 5.02 Å². The van der Waals surface area contributed by atoms with Gasteiger partial charge in [0, 0.05) is 21.0 Å². The van der Waals surface area contributed by atoms with Crippen LogP contribution in [0.1, 0.15) is 57.5 Å². The Labute approximate surface area is 262 Å². The van der Waals surface area contributed by atoms with E-state index in [0.29, 0.717) is 48.5 Å². The molecule has 4 aromatic rings. The molecule has 2 unspecified atom stereocenters. The van der Waals surface area contributed by atoms with Crippen LogP contribution < -0.4 is 4.90 Å². The first-order valence-electron chi connectivity index (χ1n) is 14.2. The summed E-state index contributed by atoms with van der Waals surface area (Å²) in [6.45, 7) is 3.33. The largest absolute Gasteiger partial charge is 0.454 e. The third-order valence-electron chi connectivity index (χ3n) is 8.41. The predicted molar refractivity (Wildman–Crippen MR) is 168 cm³/mol. The summed E-state index contributed by atoms with van der Waals surface area (Å²) in [5, 5.41) is 0.992. The number of rotatable bonds is 6. The van der Waals surface area contributed by atoms with Gasteiger partial charge in [0.15, 0.2) is 12.4 Å². The number of pyridine rings is 1. The number of amides is 2. The molecule has 1 aromatic heterocycles. The number of hydrogen-bond donors (Lipinski definition) is 0. The maximum Gasteiger partial charge on any atom is 0.339 e. The van der Waals surface area contributed by atoms with Crippen molar-refractivity contribution in [3.05, 3.63) is 92.4 Å². The van der Waals surface area contributed by atoms with E-state index < -0.39 is 12.6 Å². The van der Waals surface area contributed by atoms with Gasteiger partial charge >= 0.3 is 5.97 Å². The molecule has 0 spiro atoms. The lowest BCUT2D eigenvalue weighted by atomic mass is 9.81. The van der Waals surface area contributed by atoms with Crippen molar-refractivity contribution in [1.29, 1.82) is 0 Å². The van der Waals surface area contributed by atoms with Gasteiger partial charge in [-0.3, -0.25) is 19.3 Å². The average Bonchev–Trinajstić information content (AvgIpc) is 3.28.